The number of nitrogens with one attached hydrogen (secondary N) is 2. The molecule has 1 aromatic carbocycles. The Morgan fingerprint density at radius 3 is 2.76 bits per heavy atom. The summed E-state index contributed by atoms with van der Waals surface area (Å²) in [6.07, 6.45) is 4.54. The minimum Gasteiger partial charge on any atom is -0.382 e. The van der Waals surface area contributed by atoms with Gasteiger partial charge in [-0.3, -0.25) is 4.72 Å². The molecule has 2 rings (SSSR count). The van der Waals surface area contributed by atoms with Crippen molar-refractivity contribution < 1.29 is 13.2 Å². The highest BCUT2D eigenvalue weighted by Gasteiger charge is 2.21. The first-order valence-corrected chi connectivity index (χ1v) is 9.23. The van der Waals surface area contributed by atoms with E-state index < -0.39 is 10.0 Å². The average molecular weight is 312 g/mol. The zero-order valence-electron chi connectivity index (χ0n) is 12.8. The summed E-state index contributed by atoms with van der Waals surface area (Å²) in [6, 6.07) is 6.10. The molecule has 2 unspecified atom stereocenters. The van der Waals surface area contributed by atoms with Crippen molar-refractivity contribution in [3.05, 3.63) is 23.8 Å². The van der Waals surface area contributed by atoms with Gasteiger partial charge in [0.25, 0.3) is 0 Å². The van der Waals surface area contributed by atoms with Crippen LogP contribution in [0.2, 0.25) is 0 Å². The molecule has 1 aromatic rings. The van der Waals surface area contributed by atoms with Crippen molar-refractivity contribution in [3.63, 3.8) is 0 Å². The second-order valence-corrected chi connectivity index (χ2v) is 7.42. The number of hydrogen-bond acceptors (Lipinski definition) is 4. The van der Waals surface area contributed by atoms with E-state index >= 15 is 0 Å². The molecule has 0 aromatic heterocycles. The number of ether oxygens (including phenoxy) is 1. The zero-order chi connectivity index (χ0) is 15.5. The molecule has 2 N–H and O–H groups in total. The van der Waals surface area contributed by atoms with Crippen molar-refractivity contribution in [2.24, 2.45) is 0 Å². The Kier molecular flexibility index (Phi) is 5.11. The standard InChI is InChI=1S/C15H24N2O3S/c1-4-14-10-13(7-8-20-14)16-12-5-6-15(11(2)9-12)17-21(3,18)19/h5-6,9,13-14,16-17H,4,7-8,10H2,1-3H3. The second-order valence-electron chi connectivity index (χ2n) is 5.67. The van der Waals surface area contributed by atoms with Crippen molar-refractivity contribution in [1.29, 1.82) is 0 Å². The third kappa shape index (κ3) is 4.89. The maximum atomic E-state index is 11.3. The molecule has 1 saturated heterocycles. The largest absolute Gasteiger partial charge is 0.382 e. The van der Waals surface area contributed by atoms with Gasteiger partial charge in [-0.05, 0) is 49.9 Å². The van der Waals surface area contributed by atoms with E-state index in [1.54, 1.807) is 6.07 Å². The van der Waals surface area contributed by atoms with Crippen molar-refractivity contribution in [2.45, 2.75) is 45.3 Å². The van der Waals surface area contributed by atoms with Gasteiger partial charge in [0, 0.05) is 18.3 Å². The first-order valence-electron chi connectivity index (χ1n) is 7.34. The fourth-order valence-corrected chi connectivity index (χ4v) is 3.23. The number of rotatable bonds is 5. The molecule has 6 heteroatoms. The number of sulfonamides is 1. The lowest BCUT2D eigenvalue weighted by molar-refractivity contribution is 0.00925. The lowest BCUT2D eigenvalue weighted by Crippen LogP contribution is -2.33. The molecule has 0 aliphatic carbocycles. The monoisotopic (exact) mass is 312 g/mol. The molecule has 0 saturated carbocycles. The van der Waals surface area contributed by atoms with E-state index in [0.29, 0.717) is 17.8 Å². The second kappa shape index (κ2) is 6.66. The van der Waals surface area contributed by atoms with Crippen LogP contribution < -0.4 is 10.0 Å². The van der Waals surface area contributed by atoms with Gasteiger partial charge >= 0.3 is 0 Å². The van der Waals surface area contributed by atoms with Crippen LogP contribution in [0, 0.1) is 6.92 Å². The van der Waals surface area contributed by atoms with Crippen molar-refractivity contribution in [3.8, 4) is 0 Å². The van der Waals surface area contributed by atoms with Crippen LogP contribution >= 0.6 is 0 Å². The van der Waals surface area contributed by atoms with Gasteiger partial charge in [0.1, 0.15) is 0 Å². The van der Waals surface area contributed by atoms with E-state index in [2.05, 4.69) is 17.0 Å². The number of aryl methyl sites for hydroxylation is 1. The normalized spacial score (nSPS) is 22.8. The van der Waals surface area contributed by atoms with Crippen LogP contribution in [0.5, 0.6) is 0 Å². The summed E-state index contributed by atoms with van der Waals surface area (Å²) in [6.45, 7) is 4.84. The highest BCUT2D eigenvalue weighted by Crippen LogP contribution is 2.24. The first kappa shape index (κ1) is 16.1. The van der Waals surface area contributed by atoms with Gasteiger partial charge in [-0.1, -0.05) is 6.92 Å². The van der Waals surface area contributed by atoms with Crippen LogP contribution in [0.3, 0.4) is 0 Å². The van der Waals surface area contributed by atoms with E-state index in [1.165, 1.54) is 0 Å². The third-order valence-electron chi connectivity index (χ3n) is 3.72. The molecule has 118 valence electrons. The summed E-state index contributed by atoms with van der Waals surface area (Å²) < 4.78 is 30.8. The quantitative estimate of drug-likeness (QED) is 0.877. The lowest BCUT2D eigenvalue weighted by atomic mass is 10.0. The molecule has 0 spiro atoms. The van der Waals surface area contributed by atoms with Crippen molar-refractivity contribution >= 4 is 21.4 Å². The molecule has 1 aliphatic heterocycles. The number of benzene rings is 1. The molecular weight excluding hydrogens is 288 g/mol. The summed E-state index contributed by atoms with van der Waals surface area (Å²) in [7, 11) is -3.24. The van der Waals surface area contributed by atoms with Gasteiger partial charge in [-0.15, -0.1) is 0 Å². The Balaban J connectivity index is 2.03. The molecule has 5 nitrogen and oxygen atoms in total. The Morgan fingerprint density at radius 2 is 2.14 bits per heavy atom. The molecule has 0 radical (unpaired) electrons. The average Bonchev–Trinajstić information content (AvgIpc) is 2.41. The van der Waals surface area contributed by atoms with Gasteiger partial charge in [0.05, 0.1) is 18.0 Å². The maximum absolute atomic E-state index is 11.3. The van der Waals surface area contributed by atoms with E-state index in [4.69, 9.17) is 4.74 Å². The summed E-state index contributed by atoms with van der Waals surface area (Å²) in [5.74, 6) is 0. The summed E-state index contributed by atoms with van der Waals surface area (Å²) in [5, 5.41) is 3.52. The minimum atomic E-state index is -3.24. The van der Waals surface area contributed by atoms with Crippen LogP contribution in [0.4, 0.5) is 11.4 Å². The predicted octanol–water partition coefficient (Wildman–Crippen LogP) is 2.74. The summed E-state index contributed by atoms with van der Waals surface area (Å²) in [4.78, 5) is 0. The van der Waals surface area contributed by atoms with Crippen LogP contribution in [0.15, 0.2) is 18.2 Å². The molecule has 1 aliphatic rings. The molecule has 1 heterocycles. The fraction of sp³-hybridized carbons (Fsp3) is 0.600. The van der Waals surface area contributed by atoms with E-state index in [9.17, 15) is 8.42 Å². The maximum Gasteiger partial charge on any atom is 0.229 e. The third-order valence-corrected chi connectivity index (χ3v) is 4.31. The summed E-state index contributed by atoms with van der Waals surface area (Å²) in [5.41, 5.74) is 2.55. The van der Waals surface area contributed by atoms with Crippen LogP contribution in [0.1, 0.15) is 31.7 Å². The summed E-state index contributed by atoms with van der Waals surface area (Å²) >= 11 is 0. The Bertz CT molecular complexity index is 587. The van der Waals surface area contributed by atoms with Crippen LogP contribution in [-0.4, -0.2) is 33.4 Å². The SMILES string of the molecule is CCC1CC(Nc2ccc(NS(C)(=O)=O)c(C)c2)CCO1. The number of hydrogen-bond donors (Lipinski definition) is 2. The molecule has 0 amide bonds. The molecule has 0 bridgehead atoms. The highest BCUT2D eigenvalue weighted by atomic mass is 32.2. The van der Waals surface area contributed by atoms with Gasteiger partial charge in [0.15, 0.2) is 0 Å². The molecule has 1 fully saturated rings. The van der Waals surface area contributed by atoms with E-state index in [0.717, 1.165) is 43.4 Å². The topological polar surface area (TPSA) is 67.4 Å². The highest BCUT2D eigenvalue weighted by molar-refractivity contribution is 7.92. The lowest BCUT2D eigenvalue weighted by Gasteiger charge is -2.30. The Hall–Kier alpha value is -1.27. The number of anilines is 2. The van der Waals surface area contributed by atoms with Gasteiger partial charge in [0.2, 0.25) is 10.0 Å². The predicted molar refractivity (Wildman–Crippen MR) is 86.3 cm³/mol. The first-order chi connectivity index (χ1) is 9.87. The fourth-order valence-electron chi connectivity index (χ4n) is 2.60. The Labute approximate surface area is 127 Å². The van der Waals surface area contributed by atoms with E-state index in [1.807, 2.05) is 19.1 Å². The molecule has 21 heavy (non-hydrogen) atoms. The zero-order valence-corrected chi connectivity index (χ0v) is 13.7. The van der Waals surface area contributed by atoms with Crippen molar-refractivity contribution in [2.75, 3.05) is 22.9 Å². The van der Waals surface area contributed by atoms with Gasteiger partial charge < -0.3 is 10.1 Å². The van der Waals surface area contributed by atoms with Crippen molar-refractivity contribution in [1.82, 2.24) is 0 Å². The molecule has 2 atom stereocenters. The van der Waals surface area contributed by atoms with Crippen LogP contribution in [0.25, 0.3) is 0 Å². The molecular formula is C15H24N2O3S. The minimum absolute atomic E-state index is 0.337. The smallest absolute Gasteiger partial charge is 0.229 e. The van der Waals surface area contributed by atoms with E-state index in [-0.39, 0.29) is 0 Å². The van der Waals surface area contributed by atoms with Gasteiger partial charge in [-0.25, -0.2) is 8.42 Å². The van der Waals surface area contributed by atoms with Gasteiger partial charge in [-0.2, -0.15) is 0 Å². The van der Waals surface area contributed by atoms with Crippen LogP contribution in [-0.2, 0) is 14.8 Å². The Morgan fingerprint density at radius 1 is 1.38 bits per heavy atom.